The molecule has 12 heavy (non-hydrogen) atoms. The Kier molecular flexibility index (Phi) is 5.31. The molecule has 0 aliphatic carbocycles. The van der Waals surface area contributed by atoms with Crippen LogP contribution in [0.4, 0.5) is 0 Å². The van der Waals surface area contributed by atoms with Crippen molar-refractivity contribution >= 4 is 17.6 Å². The van der Waals surface area contributed by atoms with Crippen molar-refractivity contribution in [1.82, 2.24) is 0 Å². The number of rotatable bonds is 5. The summed E-state index contributed by atoms with van der Waals surface area (Å²) in [5.41, 5.74) is -0.384. The van der Waals surface area contributed by atoms with Gasteiger partial charge in [-0.1, -0.05) is 31.4 Å². The van der Waals surface area contributed by atoms with Crippen LogP contribution in [0.5, 0.6) is 0 Å². The summed E-state index contributed by atoms with van der Waals surface area (Å²) in [5.74, 6) is -0.203. The molecule has 0 bridgehead atoms. The lowest BCUT2D eigenvalue weighted by Gasteiger charge is -2.21. The molecule has 0 aromatic heterocycles. The Morgan fingerprint density at radius 3 is 2.50 bits per heavy atom. The van der Waals surface area contributed by atoms with Crippen molar-refractivity contribution in [3.05, 3.63) is 0 Å². The molecule has 0 fully saturated rings. The van der Waals surface area contributed by atoms with Gasteiger partial charge in [-0.2, -0.15) is 0 Å². The number of alkyl halides is 1. The van der Waals surface area contributed by atoms with Crippen LogP contribution in [0.2, 0.25) is 0 Å². The third kappa shape index (κ3) is 3.96. The molecule has 0 aliphatic rings. The van der Waals surface area contributed by atoms with Gasteiger partial charge >= 0.3 is 5.97 Å². The van der Waals surface area contributed by atoms with E-state index in [1.807, 2.05) is 13.8 Å². The molecule has 0 saturated carbocycles. The molecular weight excluding hydrogens is 176 g/mol. The molecule has 0 aliphatic heterocycles. The van der Waals surface area contributed by atoms with Crippen LogP contribution >= 0.6 is 11.6 Å². The fraction of sp³-hybridized carbons (Fsp3) is 0.889. The van der Waals surface area contributed by atoms with Crippen molar-refractivity contribution in [1.29, 1.82) is 0 Å². The number of hydrogen-bond acceptors (Lipinski definition) is 2. The largest absolute Gasteiger partial charge is 0.449 e. The van der Waals surface area contributed by atoms with E-state index in [0.717, 1.165) is 19.3 Å². The second-order valence-electron chi connectivity index (χ2n) is 3.53. The summed E-state index contributed by atoms with van der Waals surface area (Å²) in [6.45, 7) is 5.87. The van der Waals surface area contributed by atoms with E-state index < -0.39 is 0 Å². The highest BCUT2D eigenvalue weighted by molar-refractivity contribution is 6.17. The van der Waals surface area contributed by atoms with Crippen LogP contribution in [-0.2, 0) is 9.53 Å². The third-order valence-corrected chi connectivity index (χ3v) is 2.00. The van der Waals surface area contributed by atoms with Gasteiger partial charge < -0.3 is 4.74 Å². The highest BCUT2D eigenvalue weighted by Crippen LogP contribution is 2.24. The van der Waals surface area contributed by atoms with Crippen LogP contribution in [0, 0.1) is 5.41 Å². The standard InChI is InChI=1S/C9H17ClO2/c1-4-5-6-9(2,3)8(11)12-7-10/h4-7H2,1-3H3. The molecule has 0 unspecified atom stereocenters. The zero-order valence-electron chi connectivity index (χ0n) is 8.02. The van der Waals surface area contributed by atoms with E-state index in [9.17, 15) is 4.79 Å². The Bertz CT molecular complexity index is 143. The van der Waals surface area contributed by atoms with Crippen molar-refractivity contribution in [2.24, 2.45) is 5.41 Å². The van der Waals surface area contributed by atoms with Gasteiger partial charge in [0.05, 0.1) is 5.41 Å². The minimum atomic E-state index is -0.384. The van der Waals surface area contributed by atoms with Gasteiger partial charge in [-0.25, -0.2) is 0 Å². The number of carbonyl (C=O) groups excluding carboxylic acids is 1. The van der Waals surface area contributed by atoms with E-state index in [-0.39, 0.29) is 17.5 Å². The first-order chi connectivity index (χ1) is 5.54. The summed E-state index contributed by atoms with van der Waals surface area (Å²) in [6, 6.07) is -0.0472. The summed E-state index contributed by atoms with van der Waals surface area (Å²) in [6.07, 6.45) is 3.00. The molecule has 0 atom stereocenters. The van der Waals surface area contributed by atoms with Gasteiger partial charge in [-0.15, -0.1) is 0 Å². The molecule has 0 spiro atoms. The lowest BCUT2D eigenvalue weighted by atomic mass is 9.87. The minimum Gasteiger partial charge on any atom is -0.449 e. The molecule has 2 nitrogen and oxygen atoms in total. The van der Waals surface area contributed by atoms with Crippen LogP contribution < -0.4 is 0 Å². The highest BCUT2D eigenvalue weighted by atomic mass is 35.5. The van der Waals surface area contributed by atoms with E-state index in [1.54, 1.807) is 0 Å². The van der Waals surface area contributed by atoms with Crippen LogP contribution in [0.1, 0.15) is 40.0 Å². The van der Waals surface area contributed by atoms with Crippen molar-refractivity contribution in [2.45, 2.75) is 40.0 Å². The Morgan fingerprint density at radius 1 is 1.50 bits per heavy atom. The molecule has 0 saturated heterocycles. The van der Waals surface area contributed by atoms with Crippen molar-refractivity contribution in [3.63, 3.8) is 0 Å². The van der Waals surface area contributed by atoms with E-state index in [2.05, 4.69) is 6.92 Å². The smallest absolute Gasteiger partial charge is 0.312 e. The number of halogens is 1. The van der Waals surface area contributed by atoms with Gasteiger partial charge in [0, 0.05) is 0 Å². The van der Waals surface area contributed by atoms with Crippen molar-refractivity contribution in [2.75, 3.05) is 6.07 Å². The van der Waals surface area contributed by atoms with Crippen LogP contribution in [0.25, 0.3) is 0 Å². The fourth-order valence-electron chi connectivity index (χ4n) is 0.966. The van der Waals surface area contributed by atoms with Gasteiger partial charge in [0.15, 0.2) is 6.07 Å². The van der Waals surface area contributed by atoms with Crippen LogP contribution in [0.15, 0.2) is 0 Å². The number of unbranched alkanes of at least 4 members (excludes halogenated alkanes) is 1. The molecule has 72 valence electrons. The lowest BCUT2D eigenvalue weighted by Crippen LogP contribution is -2.26. The Labute approximate surface area is 79.2 Å². The Morgan fingerprint density at radius 2 is 2.08 bits per heavy atom. The zero-order valence-corrected chi connectivity index (χ0v) is 8.78. The topological polar surface area (TPSA) is 26.3 Å². The third-order valence-electron chi connectivity index (χ3n) is 1.89. The van der Waals surface area contributed by atoms with E-state index in [4.69, 9.17) is 16.3 Å². The quantitative estimate of drug-likeness (QED) is 0.495. The van der Waals surface area contributed by atoms with E-state index in [0.29, 0.717) is 0 Å². The summed E-state index contributed by atoms with van der Waals surface area (Å²) in [7, 11) is 0. The number of ether oxygens (including phenoxy) is 1. The predicted molar refractivity (Wildman–Crippen MR) is 50.1 cm³/mol. The SMILES string of the molecule is CCCCC(C)(C)C(=O)OCCl. The molecule has 3 heteroatoms. The average Bonchev–Trinajstić information content (AvgIpc) is 2.01. The minimum absolute atomic E-state index is 0.0472. The summed E-state index contributed by atoms with van der Waals surface area (Å²) in [5, 5.41) is 0. The average molecular weight is 193 g/mol. The van der Waals surface area contributed by atoms with Crippen molar-refractivity contribution < 1.29 is 9.53 Å². The van der Waals surface area contributed by atoms with Gasteiger partial charge in [-0.05, 0) is 20.3 Å². The van der Waals surface area contributed by atoms with E-state index in [1.165, 1.54) is 0 Å². The predicted octanol–water partition coefficient (Wildman–Crippen LogP) is 2.94. The molecule has 0 heterocycles. The van der Waals surface area contributed by atoms with Gasteiger partial charge in [0.25, 0.3) is 0 Å². The molecule has 0 aromatic carbocycles. The molecule has 0 N–H and O–H groups in total. The molecular formula is C9H17ClO2. The molecule has 0 radical (unpaired) electrons. The normalized spacial score (nSPS) is 11.3. The fourth-order valence-corrected chi connectivity index (χ4v) is 1.06. The summed E-state index contributed by atoms with van der Waals surface area (Å²) in [4.78, 5) is 11.3. The maximum atomic E-state index is 11.3. The first-order valence-corrected chi connectivity index (χ1v) is 4.81. The molecule has 0 rings (SSSR count). The first-order valence-electron chi connectivity index (χ1n) is 4.27. The summed E-state index contributed by atoms with van der Waals surface area (Å²) < 4.78 is 4.73. The maximum absolute atomic E-state index is 11.3. The second kappa shape index (κ2) is 5.41. The van der Waals surface area contributed by atoms with Crippen LogP contribution in [-0.4, -0.2) is 12.0 Å². The summed E-state index contributed by atoms with van der Waals surface area (Å²) >= 11 is 5.29. The number of hydrogen-bond donors (Lipinski definition) is 0. The van der Waals surface area contributed by atoms with Crippen molar-refractivity contribution in [3.8, 4) is 0 Å². The number of esters is 1. The van der Waals surface area contributed by atoms with E-state index >= 15 is 0 Å². The Hall–Kier alpha value is -0.240. The van der Waals surface area contributed by atoms with Gasteiger partial charge in [-0.3, -0.25) is 4.79 Å². The lowest BCUT2D eigenvalue weighted by molar-refractivity contribution is -0.152. The maximum Gasteiger partial charge on any atom is 0.312 e. The Balaban J connectivity index is 3.90. The second-order valence-corrected chi connectivity index (χ2v) is 3.75. The van der Waals surface area contributed by atoms with Gasteiger partial charge in [0.2, 0.25) is 0 Å². The highest BCUT2D eigenvalue weighted by Gasteiger charge is 2.28. The number of carbonyl (C=O) groups is 1. The first kappa shape index (κ1) is 11.8. The zero-order chi connectivity index (χ0) is 9.61. The molecule has 0 amide bonds. The monoisotopic (exact) mass is 192 g/mol. The van der Waals surface area contributed by atoms with Crippen LogP contribution in [0.3, 0.4) is 0 Å². The molecule has 0 aromatic rings. The van der Waals surface area contributed by atoms with Gasteiger partial charge in [0.1, 0.15) is 0 Å².